The largest absolute Gasteiger partial charge is 0.458 e. The molecule has 1 aromatic carbocycles. The maximum Gasteiger partial charge on any atom is 0.329 e. The van der Waals surface area contributed by atoms with Gasteiger partial charge in [-0.1, -0.05) is 29.8 Å². The highest BCUT2D eigenvalue weighted by Crippen LogP contribution is 2.22. The minimum Gasteiger partial charge on any atom is -0.458 e. The van der Waals surface area contributed by atoms with E-state index in [9.17, 15) is 19.7 Å². The van der Waals surface area contributed by atoms with Crippen molar-refractivity contribution in [2.75, 3.05) is 18.6 Å². The molecular weight excluding hydrogens is 391 g/mol. The van der Waals surface area contributed by atoms with E-state index >= 15 is 0 Å². The first-order chi connectivity index (χ1) is 11.8. The number of carbonyl (C=O) groups is 2. The topological polar surface area (TPSA) is 98.5 Å². The van der Waals surface area contributed by atoms with Crippen molar-refractivity contribution in [2.24, 2.45) is 0 Å². The van der Waals surface area contributed by atoms with Crippen LogP contribution in [0.25, 0.3) is 0 Å². The van der Waals surface area contributed by atoms with Crippen molar-refractivity contribution in [3.63, 3.8) is 0 Å². The van der Waals surface area contributed by atoms with E-state index in [1.165, 1.54) is 17.8 Å². The summed E-state index contributed by atoms with van der Waals surface area (Å²) >= 11 is 13.0. The summed E-state index contributed by atoms with van der Waals surface area (Å²) < 4.78 is 4.96. The number of halogens is 2. The van der Waals surface area contributed by atoms with Crippen LogP contribution in [0.5, 0.6) is 0 Å². The summed E-state index contributed by atoms with van der Waals surface area (Å²) in [6.07, 6.45) is 2.20. The van der Waals surface area contributed by atoms with Gasteiger partial charge in [-0.2, -0.15) is 11.8 Å². The number of carbonyl (C=O) groups excluding carboxylic acids is 2. The molecule has 1 rings (SSSR count). The van der Waals surface area contributed by atoms with Gasteiger partial charge in [0.25, 0.3) is 11.6 Å². The number of nitrogens with zero attached hydrogens (tertiary/aromatic N) is 1. The van der Waals surface area contributed by atoms with E-state index in [-0.39, 0.29) is 27.9 Å². The van der Waals surface area contributed by atoms with Gasteiger partial charge in [0, 0.05) is 17.2 Å². The molecule has 0 saturated carbocycles. The average Bonchev–Trinajstić information content (AvgIpc) is 2.55. The molecule has 1 atom stereocenters. The monoisotopic (exact) mass is 406 g/mol. The normalized spacial score (nSPS) is 11.5. The maximum absolute atomic E-state index is 12.3. The predicted molar refractivity (Wildman–Crippen MR) is 98.3 cm³/mol. The third kappa shape index (κ3) is 6.93. The standard InChI is InChI=1S/C15H16Cl2N2O5S/c1-9(16)8-24-15(21)13(5-6-25-2)18-14(20)11-4-3-10(19(22)23)7-12(11)17/h3-4,7,13H,1,5-6,8H2,2H3,(H,18,20). The number of esters is 1. The van der Waals surface area contributed by atoms with Crippen molar-refractivity contribution in [1.29, 1.82) is 0 Å². The number of non-ortho nitro benzene ring substituents is 1. The summed E-state index contributed by atoms with van der Waals surface area (Å²) in [5.74, 6) is -0.676. The van der Waals surface area contributed by atoms with Crippen LogP contribution in [0.1, 0.15) is 16.8 Å². The lowest BCUT2D eigenvalue weighted by atomic mass is 10.1. The Bertz CT molecular complexity index is 684. The van der Waals surface area contributed by atoms with Crippen LogP contribution in [-0.4, -0.2) is 41.5 Å². The lowest BCUT2D eigenvalue weighted by molar-refractivity contribution is -0.384. The summed E-state index contributed by atoms with van der Waals surface area (Å²) in [5.41, 5.74) is -0.212. The summed E-state index contributed by atoms with van der Waals surface area (Å²) in [4.78, 5) is 34.5. The van der Waals surface area contributed by atoms with E-state index in [0.29, 0.717) is 12.2 Å². The number of hydrogen-bond donors (Lipinski definition) is 1. The van der Waals surface area contributed by atoms with Gasteiger partial charge in [-0.25, -0.2) is 4.79 Å². The maximum atomic E-state index is 12.3. The fourth-order valence-electron chi connectivity index (χ4n) is 1.77. The highest BCUT2D eigenvalue weighted by Gasteiger charge is 2.24. The Morgan fingerprint density at radius 3 is 2.68 bits per heavy atom. The Morgan fingerprint density at radius 2 is 2.16 bits per heavy atom. The molecule has 10 heteroatoms. The van der Waals surface area contributed by atoms with E-state index in [1.54, 1.807) is 0 Å². The van der Waals surface area contributed by atoms with E-state index in [4.69, 9.17) is 27.9 Å². The van der Waals surface area contributed by atoms with Crippen LogP contribution in [0.3, 0.4) is 0 Å². The van der Waals surface area contributed by atoms with Crippen molar-refractivity contribution in [1.82, 2.24) is 5.32 Å². The third-order valence-electron chi connectivity index (χ3n) is 2.98. The molecule has 1 aromatic rings. The fourth-order valence-corrected chi connectivity index (χ4v) is 2.56. The molecule has 0 spiro atoms. The van der Waals surface area contributed by atoms with Gasteiger partial charge >= 0.3 is 5.97 Å². The van der Waals surface area contributed by atoms with Crippen LogP contribution in [0, 0.1) is 10.1 Å². The highest BCUT2D eigenvalue weighted by atomic mass is 35.5. The third-order valence-corrected chi connectivity index (χ3v) is 4.05. The Morgan fingerprint density at radius 1 is 1.48 bits per heavy atom. The van der Waals surface area contributed by atoms with Gasteiger partial charge in [0.2, 0.25) is 0 Å². The molecule has 0 radical (unpaired) electrons. The number of ether oxygens (including phenoxy) is 1. The van der Waals surface area contributed by atoms with Gasteiger partial charge in [0.1, 0.15) is 12.6 Å². The van der Waals surface area contributed by atoms with Crippen molar-refractivity contribution in [3.05, 3.63) is 50.5 Å². The van der Waals surface area contributed by atoms with Crippen molar-refractivity contribution in [2.45, 2.75) is 12.5 Å². The molecule has 0 saturated heterocycles. The van der Waals surface area contributed by atoms with Crippen LogP contribution in [-0.2, 0) is 9.53 Å². The number of nitro benzene ring substituents is 1. The summed E-state index contributed by atoms with van der Waals surface area (Å²) in [6, 6.07) is 2.56. The smallest absolute Gasteiger partial charge is 0.329 e. The number of thioether (sulfide) groups is 1. The van der Waals surface area contributed by atoms with Gasteiger partial charge in [-0.15, -0.1) is 0 Å². The van der Waals surface area contributed by atoms with Gasteiger partial charge in [0.05, 0.1) is 15.5 Å². The molecule has 0 aliphatic heterocycles. The molecule has 0 fully saturated rings. The Balaban J connectivity index is 2.88. The molecule has 0 aromatic heterocycles. The number of nitro groups is 1. The summed E-state index contributed by atoms with van der Waals surface area (Å²) in [7, 11) is 0. The molecule has 136 valence electrons. The number of amides is 1. The van der Waals surface area contributed by atoms with E-state index in [1.807, 2.05) is 6.26 Å². The van der Waals surface area contributed by atoms with Gasteiger partial charge in [0.15, 0.2) is 0 Å². The van der Waals surface area contributed by atoms with Gasteiger partial charge in [-0.3, -0.25) is 14.9 Å². The van der Waals surface area contributed by atoms with Crippen LogP contribution in [0.15, 0.2) is 29.8 Å². The first-order valence-corrected chi connectivity index (χ1v) is 9.15. The van der Waals surface area contributed by atoms with Crippen LogP contribution >= 0.6 is 35.0 Å². The zero-order chi connectivity index (χ0) is 19.0. The number of hydrogen-bond acceptors (Lipinski definition) is 6. The second kappa shape index (κ2) is 10.3. The van der Waals surface area contributed by atoms with Gasteiger partial charge in [-0.05, 0) is 24.5 Å². The molecule has 1 amide bonds. The Labute approximate surface area is 158 Å². The molecule has 1 unspecified atom stereocenters. The number of nitrogens with one attached hydrogen (secondary N) is 1. The second-order valence-electron chi connectivity index (χ2n) is 4.85. The summed E-state index contributed by atoms with van der Waals surface area (Å²) in [5, 5.41) is 13.3. The molecular formula is C15H16Cl2N2O5S. The molecule has 25 heavy (non-hydrogen) atoms. The lowest BCUT2D eigenvalue weighted by Gasteiger charge is -2.17. The second-order valence-corrected chi connectivity index (χ2v) is 6.78. The van der Waals surface area contributed by atoms with E-state index in [2.05, 4.69) is 11.9 Å². The SMILES string of the molecule is C=C(Cl)COC(=O)C(CCSC)NC(=O)c1ccc([N+](=O)[O-])cc1Cl. The minimum atomic E-state index is -0.901. The summed E-state index contributed by atoms with van der Waals surface area (Å²) in [6.45, 7) is 3.25. The molecule has 0 aliphatic carbocycles. The average molecular weight is 407 g/mol. The number of benzene rings is 1. The molecule has 7 nitrogen and oxygen atoms in total. The van der Waals surface area contributed by atoms with Crippen LogP contribution < -0.4 is 5.32 Å². The Kier molecular flexibility index (Phi) is 8.74. The predicted octanol–water partition coefficient (Wildman–Crippen LogP) is 3.40. The van der Waals surface area contributed by atoms with Crippen molar-refractivity contribution >= 4 is 52.5 Å². The van der Waals surface area contributed by atoms with Crippen molar-refractivity contribution < 1.29 is 19.2 Å². The molecule has 0 heterocycles. The highest BCUT2D eigenvalue weighted by molar-refractivity contribution is 7.98. The molecule has 1 N–H and O–H groups in total. The fraction of sp³-hybridized carbons (Fsp3) is 0.333. The number of rotatable bonds is 9. The first kappa shape index (κ1) is 21.3. The van der Waals surface area contributed by atoms with Crippen LogP contribution in [0.4, 0.5) is 5.69 Å². The van der Waals surface area contributed by atoms with Gasteiger partial charge < -0.3 is 10.1 Å². The van der Waals surface area contributed by atoms with Crippen molar-refractivity contribution in [3.8, 4) is 0 Å². The molecule has 0 bridgehead atoms. The Hall–Kier alpha value is -1.77. The molecule has 0 aliphatic rings. The quantitative estimate of drug-likeness (QED) is 0.383. The zero-order valence-corrected chi connectivity index (χ0v) is 15.6. The zero-order valence-electron chi connectivity index (χ0n) is 13.3. The lowest BCUT2D eigenvalue weighted by Crippen LogP contribution is -2.42. The van der Waals surface area contributed by atoms with E-state index in [0.717, 1.165) is 12.1 Å². The van der Waals surface area contributed by atoms with Crippen LogP contribution in [0.2, 0.25) is 5.02 Å². The minimum absolute atomic E-state index is 0.0240. The van der Waals surface area contributed by atoms with E-state index < -0.39 is 22.8 Å². The first-order valence-electron chi connectivity index (χ1n) is 7.00.